The summed E-state index contributed by atoms with van der Waals surface area (Å²) in [4.78, 5) is 24.5. The number of carbonyl (C=O) groups is 1. The quantitative estimate of drug-likeness (QED) is 0.671. The van der Waals surface area contributed by atoms with Crippen LogP contribution in [0.4, 0.5) is 0 Å². The van der Waals surface area contributed by atoms with Crippen LogP contribution in [0, 0.1) is 0 Å². The molecule has 0 spiro atoms. The molecule has 6 nitrogen and oxygen atoms in total. The van der Waals surface area contributed by atoms with Crippen molar-refractivity contribution in [2.24, 2.45) is 0 Å². The van der Waals surface area contributed by atoms with Crippen LogP contribution in [0.2, 0.25) is 0 Å². The number of aliphatic carboxylic acids is 1. The molecular formula is C25H24N2O4. The molecule has 31 heavy (non-hydrogen) atoms. The van der Waals surface area contributed by atoms with E-state index in [0.29, 0.717) is 39.8 Å². The second kappa shape index (κ2) is 7.63. The minimum Gasteiger partial charge on any atom is -0.478 e. The monoisotopic (exact) mass is 416 g/mol. The number of aromatic nitrogens is 2. The molecule has 0 amide bonds. The molecule has 1 aliphatic rings. The summed E-state index contributed by atoms with van der Waals surface area (Å²) in [5, 5.41) is 25.1. The van der Waals surface area contributed by atoms with Gasteiger partial charge in [-0.2, -0.15) is 9.78 Å². The summed E-state index contributed by atoms with van der Waals surface area (Å²) in [6, 6.07) is 11.1. The van der Waals surface area contributed by atoms with E-state index in [2.05, 4.69) is 25.9 Å². The number of carboxylic acid groups (broad SMARTS) is 1. The molecular weight excluding hydrogens is 392 g/mol. The second-order valence-electron chi connectivity index (χ2n) is 8.71. The topological polar surface area (TPSA) is 92.4 Å². The third-order valence-corrected chi connectivity index (χ3v) is 5.65. The maximum atomic E-state index is 13.2. The van der Waals surface area contributed by atoms with Crippen molar-refractivity contribution in [2.75, 3.05) is 0 Å². The molecule has 0 unspecified atom stereocenters. The Labute approximate surface area is 179 Å². The summed E-state index contributed by atoms with van der Waals surface area (Å²) in [6.07, 6.45) is 5.40. The number of aliphatic hydroxyl groups is 1. The number of fused-ring (bicyclic) bond motifs is 1. The van der Waals surface area contributed by atoms with E-state index in [1.807, 2.05) is 30.3 Å². The van der Waals surface area contributed by atoms with Crippen molar-refractivity contribution in [1.29, 1.82) is 0 Å². The van der Waals surface area contributed by atoms with Crippen molar-refractivity contribution in [1.82, 2.24) is 9.78 Å². The highest BCUT2D eigenvalue weighted by atomic mass is 16.4. The Bertz CT molecular complexity index is 1320. The molecule has 0 saturated heterocycles. The molecule has 0 radical (unpaired) electrons. The molecule has 3 aromatic rings. The number of aliphatic hydroxyl groups excluding tert-OH is 1. The largest absolute Gasteiger partial charge is 0.478 e. The lowest BCUT2D eigenvalue weighted by Gasteiger charge is -2.19. The van der Waals surface area contributed by atoms with Gasteiger partial charge in [-0.05, 0) is 52.8 Å². The molecule has 0 aliphatic heterocycles. The van der Waals surface area contributed by atoms with Crippen molar-refractivity contribution in [2.45, 2.75) is 39.2 Å². The van der Waals surface area contributed by atoms with Gasteiger partial charge < -0.3 is 10.2 Å². The summed E-state index contributed by atoms with van der Waals surface area (Å²) < 4.78 is 1.30. The Morgan fingerprint density at radius 1 is 1.19 bits per heavy atom. The van der Waals surface area contributed by atoms with Crippen LogP contribution in [0.3, 0.4) is 0 Å². The lowest BCUT2D eigenvalue weighted by molar-refractivity contribution is -0.132. The highest BCUT2D eigenvalue weighted by molar-refractivity contribution is 5.95. The number of carboxylic acids is 1. The molecule has 0 atom stereocenters. The molecule has 2 aromatic carbocycles. The van der Waals surface area contributed by atoms with Crippen molar-refractivity contribution in [3.63, 3.8) is 0 Å². The van der Waals surface area contributed by atoms with E-state index in [-0.39, 0.29) is 17.6 Å². The summed E-state index contributed by atoms with van der Waals surface area (Å²) in [5.74, 6) is -0.963. The number of rotatable bonds is 4. The molecule has 2 N–H and O–H groups in total. The molecule has 0 bridgehead atoms. The van der Waals surface area contributed by atoms with Gasteiger partial charge in [-0.15, -0.1) is 0 Å². The Morgan fingerprint density at radius 3 is 2.61 bits per heavy atom. The zero-order valence-electron chi connectivity index (χ0n) is 17.7. The molecule has 1 heterocycles. The van der Waals surface area contributed by atoms with Gasteiger partial charge in [0.2, 0.25) is 0 Å². The van der Waals surface area contributed by atoms with E-state index in [1.54, 1.807) is 24.4 Å². The Balaban J connectivity index is 1.86. The van der Waals surface area contributed by atoms with Gasteiger partial charge in [-0.25, -0.2) is 4.79 Å². The SMILES string of the molecule is CC(C)(C)c1ccc2c(=O)n(-c3cccc(C4=CCC(C(=O)O)=C4)c3CO)ncc2c1. The van der Waals surface area contributed by atoms with Crippen LogP contribution in [0.1, 0.15) is 43.9 Å². The van der Waals surface area contributed by atoms with E-state index in [0.717, 1.165) is 10.9 Å². The van der Waals surface area contributed by atoms with Crippen molar-refractivity contribution >= 4 is 22.3 Å². The van der Waals surface area contributed by atoms with Crippen LogP contribution >= 0.6 is 0 Å². The molecule has 0 saturated carbocycles. The first-order chi connectivity index (χ1) is 14.7. The lowest BCUT2D eigenvalue weighted by Crippen LogP contribution is -2.23. The second-order valence-corrected chi connectivity index (χ2v) is 8.71. The third-order valence-electron chi connectivity index (χ3n) is 5.65. The molecule has 6 heteroatoms. The predicted molar refractivity (Wildman–Crippen MR) is 120 cm³/mol. The minimum absolute atomic E-state index is 0.0429. The average molecular weight is 416 g/mol. The molecule has 4 rings (SSSR count). The van der Waals surface area contributed by atoms with E-state index in [4.69, 9.17) is 0 Å². The van der Waals surface area contributed by atoms with Crippen molar-refractivity contribution < 1.29 is 15.0 Å². The van der Waals surface area contributed by atoms with Crippen LogP contribution in [0.15, 0.2) is 65.1 Å². The minimum atomic E-state index is -0.963. The summed E-state index contributed by atoms with van der Waals surface area (Å²) in [6.45, 7) is 6.03. The fourth-order valence-corrected chi connectivity index (χ4v) is 3.86. The first kappa shape index (κ1) is 20.8. The number of allylic oxidation sites excluding steroid dienone is 3. The Morgan fingerprint density at radius 2 is 1.97 bits per heavy atom. The van der Waals surface area contributed by atoms with Crippen LogP contribution in [0.25, 0.3) is 22.0 Å². The average Bonchev–Trinajstić information content (AvgIpc) is 3.23. The number of benzene rings is 2. The van der Waals surface area contributed by atoms with Gasteiger partial charge in [0.05, 0.1) is 23.9 Å². The van der Waals surface area contributed by atoms with Gasteiger partial charge in [-0.3, -0.25) is 4.79 Å². The summed E-state index contributed by atoms with van der Waals surface area (Å²) in [5.41, 5.74) is 3.50. The Kier molecular flexibility index (Phi) is 5.11. The lowest BCUT2D eigenvalue weighted by atomic mass is 9.86. The molecule has 158 valence electrons. The van der Waals surface area contributed by atoms with Crippen LogP contribution < -0.4 is 5.56 Å². The molecule has 1 aliphatic carbocycles. The predicted octanol–water partition coefficient (Wildman–Crippen LogP) is 3.97. The highest BCUT2D eigenvalue weighted by Gasteiger charge is 2.20. The fraction of sp³-hybridized carbons (Fsp3) is 0.240. The fourth-order valence-electron chi connectivity index (χ4n) is 3.86. The molecule has 0 fully saturated rings. The van der Waals surface area contributed by atoms with Gasteiger partial charge >= 0.3 is 5.97 Å². The van der Waals surface area contributed by atoms with E-state index < -0.39 is 5.97 Å². The van der Waals surface area contributed by atoms with Crippen LogP contribution in [-0.2, 0) is 16.8 Å². The van der Waals surface area contributed by atoms with Gasteiger partial charge in [0, 0.05) is 16.5 Å². The summed E-state index contributed by atoms with van der Waals surface area (Å²) in [7, 11) is 0. The van der Waals surface area contributed by atoms with Crippen LogP contribution in [0.5, 0.6) is 0 Å². The van der Waals surface area contributed by atoms with Gasteiger partial charge in [0.15, 0.2) is 0 Å². The summed E-state index contributed by atoms with van der Waals surface area (Å²) >= 11 is 0. The normalized spacial score (nSPS) is 13.9. The van der Waals surface area contributed by atoms with Crippen molar-refractivity contribution in [3.8, 4) is 5.69 Å². The number of hydrogen-bond acceptors (Lipinski definition) is 4. The van der Waals surface area contributed by atoms with E-state index in [1.165, 1.54) is 4.68 Å². The first-order valence-electron chi connectivity index (χ1n) is 10.1. The zero-order valence-corrected chi connectivity index (χ0v) is 17.7. The smallest absolute Gasteiger partial charge is 0.331 e. The zero-order chi connectivity index (χ0) is 22.3. The first-order valence-corrected chi connectivity index (χ1v) is 10.1. The van der Waals surface area contributed by atoms with Crippen LogP contribution in [-0.4, -0.2) is 26.0 Å². The number of nitrogens with zero attached hydrogens (tertiary/aromatic N) is 2. The molecule has 1 aromatic heterocycles. The van der Waals surface area contributed by atoms with Gasteiger partial charge in [-0.1, -0.05) is 45.0 Å². The van der Waals surface area contributed by atoms with Gasteiger partial charge in [0.25, 0.3) is 5.56 Å². The van der Waals surface area contributed by atoms with E-state index in [9.17, 15) is 19.8 Å². The maximum Gasteiger partial charge on any atom is 0.331 e. The third kappa shape index (κ3) is 3.70. The Hall–Kier alpha value is -3.51. The van der Waals surface area contributed by atoms with Crippen molar-refractivity contribution in [3.05, 3.63) is 87.4 Å². The maximum absolute atomic E-state index is 13.2. The standard InChI is InChI=1S/C25H24N2O4/c1-25(2,3)18-9-10-20-17(12-18)13-26-27(23(20)29)22-6-4-5-19(21(22)14-28)15-7-8-16(11-15)24(30)31/h4-7,9-13,28H,8,14H2,1-3H3,(H,30,31). The number of hydrogen-bond donors (Lipinski definition) is 2. The van der Waals surface area contributed by atoms with Gasteiger partial charge in [0.1, 0.15) is 0 Å². The highest BCUT2D eigenvalue weighted by Crippen LogP contribution is 2.31. The van der Waals surface area contributed by atoms with E-state index >= 15 is 0 Å².